The topological polar surface area (TPSA) is 74.6 Å². The monoisotopic (exact) mass is 470 g/mol. The van der Waals surface area contributed by atoms with Crippen molar-refractivity contribution in [3.05, 3.63) is 149 Å². The Kier molecular flexibility index (Phi) is 6.16. The molecule has 0 unspecified atom stereocenters. The summed E-state index contributed by atoms with van der Waals surface area (Å²) >= 11 is 0. The second-order valence-electron chi connectivity index (χ2n) is 8.40. The first-order chi connectivity index (χ1) is 17.5. The van der Waals surface area contributed by atoms with Crippen molar-refractivity contribution in [2.24, 2.45) is 0 Å². The lowest BCUT2D eigenvalue weighted by Crippen LogP contribution is -2.07. The minimum Gasteiger partial charge on any atom is -0.507 e. The van der Waals surface area contributed by atoms with Crippen molar-refractivity contribution in [2.75, 3.05) is 0 Å². The Bertz CT molecular complexity index is 1560. The van der Waals surface area contributed by atoms with Gasteiger partial charge in [-0.3, -0.25) is 4.79 Å². The number of phenols is 1. The lowest BCUT2D eigenvalue weighted by molar-refractivity contribution is -0.109. The van der Waals surface area contributed by atoms with Crippen molar-refractivity contribution in [1.82, 2.24) is 0 Å². The van der Waals surface area contributed by atoms with Crippen LogP contribution < -0.4 is 0 Å². The van der Waals surface area contributed by atoms with Crippen molar-refractivity contribution >= 4 is 22.9 Å². The molecule has 2 N–H and O–H groups in total. The number of aromatic carboxylic acids is 1. The van der Waals surface area contributed by atoms with E-state index in [1.807, 2.05) is 66.7 Å². The standard InChI is InChI=1S/C32H22O4/c33-29-17-15-23(19-27(29)21-9-3-1-4-10-21)31(25-13-7-8-14-26(25)32(35)36)24-16-18-30(34)28(20-24)22-11-5-2-6-12-22/h1-20,33H,(H,35,36)/b31-24-. The molecule has 0 amide bonds. The summed E-state index contributed by atoms with van der Waals surface area (Å²) in [5, 5.41) is 20.6. The third-order valence-electron chi connectivity index (χ3n) is 6.15. The van der Waals surface area contributed by atoms with Gasteiger partial charge in [-0.1, -0.05) is 91.0 Å². The van der Waals surface area contributed by atoms with Crippen LogP contribution in [0.15, 0.2) is 127 Å². The molecule has 0 aromatic heterocycles. The highest BCUT2D eigenvalue weighted by Gasteiger charge is 2.21. The van der Waals surface area contributed by atoms with Gasteiger partial charge in [-0.2, -0.15) is 0 Å². The Morgan fingerprint density at radius 1 is 0.667 bits per heavy atom. The molecule has 4 heteroatoms. The van der Waals surface area contributed by atoms with Gasteiger partial charge in [0.05, 0.1) is 5.56 Å². The van der Waals surface area contributed by atoms with E-state index in [0.29, 0.717) is 27.8 Å². The summed E-state index contributed by atoms with van der Waals surface area (Å²) in [6.45, 7) is 0. The van der Waals surface area contributed by atoms with Gasteiger partial charge in [-0.15, -0.1) is 0 Å². The summed E-state index contributed by atoms with van der Waals surface area (Å²) in [7, 11) is 0. The SMILES string of the molecule is O=C1C=C/C(=C(\c2ccc(O)c(-c3ccccc3)c2)c2ccccc2C(=O)O)C=C1c1ccccc1. The van der Waals surface area contributed by atoms with Gasteiger partial charge in [-0.05, 0) is 63.8 Å². The van der Waals surface area contributed by atoms with E-state index in [0.717, 1.165) is 16.7 Å². The maximum Gasteiger partial charge on any atom is 0.336 e. The molecule has 1 aliphatic carbocycles. The van der Waals surface area contributed by atoms with Gasteiger partial charge in [0.15, 0.2) is 5.78 Å². The molecule has 0 spiro atoms. The fraction of sp³-hybridized carbons (Fsp3) is 0. The molecule has 4 aromatic rings. The number of hydrogen-bond donors (Lipinski definition) is 2. The molecular formula is C32H22O4. The van der Waals surface area contributed by atoms with Crippen LogP contribution in [0.1, 0.15) is 27.0 Å². The number of carbonyl (C=O) groups is 2. The number of benzene rings is 4. The second kappa shape index (κ2) is 9.72. The fourth-order valence-corrected chi connectivity index (χ4v) is 4.43. The van der Waals surface area contributed by atoms with E-state index in [9.17, 15) is 19.8 Å². The summed E-state index contributed by atoms with van der Waals surface area (Å²) in [6, 6.07) is 30.9. The highest BCUT2D eigenvalue weighted by atomic mass is 16.4. The van der Waals surface area contributed by atoms with E-state index in [1.54, 1.807) is 48.6 Å². The normalized spacial score (nSPS) is 14.3. The summed E-state index contributed by atoms with van der Waals surface area (Å²) in [5.41, 5.74) is 5.52. The first kappa shape index (κ1) is 22.8. The highest BCUT2D eigenvalue weighted by Crippen LogP contribution is 2.38. The number of rotatable bonds is 5. The molecule has 0 fully saturated rings. The third kappa shape index (κ3) is 4.40. The molecular weight excluding hydrogens is 448 g/mol. The summed E-state index contributed by atoms with van der Waals surface area (Å²) in [5.74, 6) is -1.05. The maximum absolute atomic E-state index is 12.8. The van der Waals surface area contributed by atoms with Crippen LogP contribution in [0, 0.1) is 0 Å². The average molecular weight is 471 g/mol. The lowest BCUT2D eigenvalue weighted by atomic mass is 9.85. The van der Waals surface area contributed by atoms with Crippen molar-refractivity contribution in [1.29, 1.82) is 0 Å². The molecule has 5 rings (SSSR count). The number of hydrogen-bond acceptors (Lipinski definition) is 3. The first-order valence-electron chi connectivity index (χ1n) is 11.5. The summed E-state index contributed by atoms with van der Waals surface area (Å²) < 4.78 is 0. The van der Waals surface area contributed by atoms with Crippen LogP contribution in [-0.2, 0) is 4.79 Å². The minimum absolute atomic E-state index is 0.119. The molecule has 0 saturated heterocycles. The van der Waals surface area contributed by atoms with Crippen LogP contribution in [0.5, 0.6) is 5.75 Å². The molecule has 0 aliphatic heterocycles. The van der Waals surface area contributed by atoms with Gasteiger partial charge in [0, 0.05) is 11.1 Å². The average Bonchev–Trinajstić information content (AvgIpc) is 2.92. The Labute approximate surface area is 208 Å². The van der Waals surface area contributed by atoms with E-state index in [-0.39, 0.29) is 17.1 Å². The van der Waals surface area contributed by atoms with Gasteiger partial charge >= 0.3 is 5.97 Å². The molecule has 4 aromatic carbocycles. The maximum atomic E-state index is 12.8. The molecule has 0 saturated carbocycles. The first-order valence-corrected chi connectivity index (χ1v) is 11.5. The zero-order chi connectivity index (χ0) is 25.1. The van der Waals surface area contributed by atoms with Crippen molar-refractivity contribution in [3.63, 3.8) is 0 Å². The van der Waals surface area contributed by atoms with E-state index in [2.05, 4.69) is 0 Å². The van der Waals surface area contributed by atoms with Gasteiger partial charge in [0.2, 0.25) is 0 Å². The molecule has 4 nitrogen and oxygen atoms in total. The Balaban J connectivity index is 1.80. The highest BCUT2D eigenvalue weighted by molar-refractivity contribution is 6.28. The molecule has 174 valence electrons. The van der Waals surface area contributed by atoms with Crippen LogP contribution in [0.4, 0.5) is 0 Å². The number of carboxylic acid groups (broad SMARTS) is 1. The predicted molar refractivity (Wildman–Crippen MR) is 142 cm³/mol. The predicted octanol–water partition coefficient (Wildman–Crippen LogP) is 6.78. The lowest BCUT2D eigenvalue weighted by Gasteiger charge is -2.19. The Hall–Kier alpha value is -4.96. The molecule has 1 aliphatic rings. The molecule has 0 bridgehead atoms. The summed E-state index contributed by atoms with van der Waals surface area (Å²) in [4.78, 5) is 25.0. The van der Waals surface area contributed by atoms with E-state index < -0.39 is 5.97 Å². The van der Waals surface area contributed by atoms with Crippen molar-refractivity contribution < 1.29 is 19.8 Å². The number of carboxylic acids is 1. The second-order valence-corrected chi connectivity index (χ2v) is 8.40. The molecule has 0 radical (unpaired) electrons. The quantitative estimate of drug-likeness (QED) is 0.337. The van der Waals surface area contributed by atoms with Gasteiger partial charge < -0.3 is 10.2 Å². The zero-order valence-electron chi connectivity index (χ0n) is 19.3. The summed E-state index contributed by atoms with van der Waals surface area (Å²) in [6.07, 6.45) is 5.04. The van der Waals surface area contributed by atoms with Gasteiger partial charge in [-0.25, -0.2) is 4.79 Å². The minimum atomic E-state index is -1.05. The van der Waals surface area contributed by atoms with Crippen molar-refractivity contribution in [2.45, 2.75) is 0 Å². The molecule has 0 heterocycles. The van der Waals surface area contributed by atoms with Crippen LogP contribution in [0.25, 0.3) is 22.3 Å². The van der Waals surface area contributed by atoms with Gasteiger partial charge in [0.25, 0.3) is 0 Å². The largest absolute Gasteiger partial charge is 0.507 e. The van der Waals surface area contributed by atoms with E-state index in [1.165, 1.54) is 6.08 Å². The van der Waals surface area contributed by atoms with Crippen LogP contribution in [-0.4, -0.2) is 22.0 Å². The number of ketones is 1. The smallest absolute Gasteiger partial charge is 0.336 e. The van der Waals surface area contributed by atoms with Crippen molar-refractivity contribution in [3.8, 4) is 16.9 Å². The van der Waals surface area contributed by atoms with E-state index >= 15 is 0 Å². The third-order valence-corrected chi connectivity index (χ3v) is 6.15. The van der Waals surface area contributed by atoms with Crippen LogP contribution in [0.2, 0.25) is 0 Å². The number of aromatic hydroxyl groups is 1. The Morgan fingerprint density at radius 3 is 1.94 bits per heavy atom. The molecule has 36 heavy (non-hydrogen) atoms. The zero-order valence-corrected chi connectivity index (χ0v) is 19.3. The van der Waals surface area contributed by atoms with Crippen LogP contribution >= 0.6 is 0 Å². The van der Waals surface area contributed by atoms with E-state index in [4.69, 9.17) is 0 Å². The number of allylic oxidation sites excluding steroid dienone is 5. The van der Waals surface area contributed by atoms with Crippen LogP contribution in [0.3, 0.4) is 0 Å². The van der Waals surface area contributed by atoms with Gasteiger partial charge in [0.1, 0.15) is 5.75 Å². The fourth-order valence-electron chi connectivity index (χ4n) is 4.43. The molecule has 0 atom stereocenters. The Morgan fingerprint density at radius 2 is 1.28 bits per heavy atom. The number of carbonyl (C=O) groups excluding carboxylic acids is 1. The number of phenolic OH excluding ortho intramolecular Hbond substituents is 1.